The van der Waals surface area contributed by atoms with Gasteiger partial charge in [-0.25, -0.2) is 8.42 Å². The lowest BCUT2D eigenvalue weighted by molar-refractivity contribution is -0.188. The average Bonchev–Trinajstić information content (AvgIpc) is 3.02. The van der Waals surface area contributed by atoms with Crippen molar-refractivity contribution in [3.05, 3.63) is 35.9 Å². The highest BCUT2D eigenvalue weighted by Crippen LogP contribution is 2.37. The highest BCUT2D eigenvalue weighted by Gasteiger charge is 2.45. The minimum absolute atomic E-state index is 0.0329. The fourth-order valence-electron chi connectivity index (χ4n) is 4.28. The van der Waals surface area contributed by atoms with Gasteiger partial charge in [-0.3, -0.25) is 4.79 Å². The van der Waals surface area contributed by atoms with Crippen LogP contribution in [0.2, 0.25) is 0 Å². The zero-order valence-corrected chi connectivity index (χ0v) is 18.2. The van der Waals surface area contributed by atoms with Crippen molar-refractivity contribution in [3.8, 4) is 0 Å². The van der Waals surface area contributed by atoms with Gasteiger partial charge in [0.05, 0.1) is 10.8 Å². The SMILES string of the molecule is O=C(/C=C/c1ccc(S(=O)(=O)N2CCCCCC2)cc1)NC1CCCCC1C(F)(F)F. The standard InChI is InChI=1S/C22H29F3N2O3S/c23-22(24,25)19-7-3-4-8-20(19)26-21(28)14-11-17-9-12-18(13-10-17)31(29,30)27-15-5-1-2-6-16-27/h9-14,19-20H,1-8,15-16H2,(H,26,28)/b14-11+. The van der Waals surface area contributed by atoms with E-state index < -0.39 is 34.1 Å². The number of amides is 1. The summed E-state index contributed by atoms with van der Waals surface area (Å²) in [4.78, 5) is 12.4. The maximum atomic E-state index is 13.2. The highest BCUT2D eigenvalue weighted by molar-refractivity contribution is 7.89. The Morgan fingerprint density at radius 1 is 0.968 bits per heavy atom. The molecule has 2 unspecified atom stereocenters. The van der Waals surface area contributed by atoms with Gasteiger partial charge in [0.15, 0.2) is 0 Å². The second kappa shape index (κ2) is 10.2. The molecule has 0 spiro atoms. The number of benzene rings is 1. The Bertz CT molecular complexity index is 874. The average molecular weight is 459 g/mol. The Hall–Kier alpha value is -1.87. The lowest BCUT2D eigenvalue weighted by atomic mass is 9.84. The summed E-state index contributed by atoms with van der Waals surface area (Å²) in [5.74, 6) is -2.09. The third kappa shape index (κ3) is 6.32. The maximum absolute atomic E-state index is 13.2. The number of hydrogen-bond acceptors (Lipinski definition) is 3. The van der Waals surface area contributed by atoms with Gasteiger partial charge in [-0.1, -0.05) is 37.8 Å². The summed E-state index contributed by atoms with van der Waals surface area (Å²) in [6.45, 7) is 1.04. The first kappa shape index (κ1) is 23.8. The molecule has 1 heterocycles. The second-order valence-electron chi connectivity index (χ2n) is 8.27. The molecule has 1 amide bonds. The quantitative estimate of drug-likeness (QED) is 0.661. The number of sulfonamides is 1. The van der Waals surface area contributed by atoms with Crippen LogP contribution in [0.15, 0.2) is 35.2 Å². The number of hydrogen-bond donors (Lipinski definition) is 1. The van der Waals surface area contributed by atoms with E-state index in [-0.39, 0.29) is 11.3 Å². The number of nitrogens with one attached hydrogen (secondary N) is 1. The first-order chi connectivity index (χ1) is 14.7. The van der Waals surface area contributed by atoms with Crippen LogP contribution < -0.4 is 5.32 Å². The minimum Gasteiger partial charge on any atom is -0.349 e. The van der Waals surface area contributed by atoms with Crippen LogP contribution in [0.5, 0.6) is 0 Å². The molecule has 31 heavy (non-hydrogen) atoms. The molecule has 9 heteroatoms. The minimum atomic E-state index is -4.32. The van der Waals surface area contributed by atoms with E-state index in [1.54, 1.807) is 12.1 Å². The van der Waals surface area contributed by atoms with Crippen molar-refractivity contribution >= 4 is 22.0 Å². The number of alkyl halides is 3. The smallest absolute Gasteiger partial charge is 0.349 e. The van der Waals surface area contributed by atoms with Crippen molar-refractivity contribution in [2.24, 2.45) is 5.92 Å². The van der Waals surface area contributed by atoms with E-state index >= 15 is 0 Å². The van der Waals surface area contributed by atoms with Gasteiger partial charge >= 0.3 is 6.18 Å². The van der Waals surface area contributed by atoms with Gasteiger partial charge in [-0.05, 0) is 49.5 Å². The van der Waals surface area contributed by atoms with E-state index in [1.165, 1.54) is 28.6 Å². The van der Waals surface area contributed by atoms with Gasteiger partial charge < -0.3 is 5.32 Å². The highest BCUT2D eigenvalue weighted by atomic mass is 32.2. The molecule has 2 fully saturated rings. The molecule has 1 aliphatic heterocycles. The summed E-state index contributed by atoms with van der Waals surface area (Å²) in [7, 11) is -3.55. The summed E-state index contributed by atoms with van der Waals surface area (Å²) in [6.07, 6.45) is 3.63. The summed E-state index contributed by atoms with van der Waals surface area (Å²) < 4.78 is 66.6. The molecule has 3 rings (SSSR count). The summed E-state index contributed by atoms with van der Waals surface area (Å²) >= 11 is 0. The van der Waals surface area contributed by atoms with Gasteiger partial charge in [-0.15, -0.1) is 0 Å². The second-order valence-corrected chi connectivity index (χ2v) is 10.2. The van der Waals surface area contributed by atoms with E-state index in [9.17, 15) is 26.4 Å². The van der Waals surface area contributed by atoms with Gasteiger partial charge in [-0.2, -0.15) is 17.5 Å². The Balaban J connectivity index is 1.61. The van der Waals surface area contributed by atoms with Gasteiger partial charge in [0.1, 0.15) is 0 Å². The van der Waals surface area contributed by atoms with Crippen LogP contribution in [-0.4, -0.2) is 43.9 Å². The molecule has 1 N–H and O–H groups in total. The van der Waals surface area contributed by atoms with Crippen molar-refractivity contribution in [3.63, 3.8) is 0 Å². The van der Waals surface area contributed by atoms with E-state index in [0.29, 0.717) is 37.9 Å². The van der Waals surface area contributed by atoms with Crippen molar-refractivity contribution < 1.29 is 26.4 Å². The topological polar surface area (TPSA) is 66.5 Å². The Kier molecular flexibility index (Phi) is 7.80. The number of rotatable bonds is 5. The number of halogens is 3. The molecule has 1 aliphatic carbocycles. The zero-order valence-electron chi connectivity index (χ0n) is 17.4. The molecule has 1 saturated heterocycles. The fraction of sp³-hybridized carbons (Fsp3) is 0.591. The number of carbonyl (C=O) groups is 1. The third-order valence-corrected chi connectivity index (χ3v) is 7.94. The van der Waals surface area contributed by atoms with Crippen LogP contribution in [0.1, 0.15) is 56.9 Å². The Labute approximate surface area is 181 Å². The third-order valence-electron chi connectivity index (χ3n) is 6.02. The molecule has 0 aromatic heterocycles. The predicted molar refractivity (Wildman–Crippen MR) is 113 cm³/mol. The molecule has 0 radical (unpaired) electrons. The molecular weight excluding hydrogens is 429 g/mol. The van der Waals surface area contributed by atoms with E-state index in [2.05, 4.69) is 5.32 Å². The Morgan fingerprint density at radius 3 is 2.19 bits per heavy atom. The number of nitrogens with zero attached hydrogens (tertiary/aromatic N) is 1. The van der Waals surface area contributed by atoms with Crippen LogP contribution in [0.4, 0.5) is 13.2 Å². The van der Waals surface area contributed by atoms with Crippen LogP contribution in [0.25, 0.3) is 6.08 Å². The predicted octanol–water partition coefficient (Wildman–Crippen LogP) is 4.50. The van der Waals surface area contributed by atoms with E-state index in [1.807, 2.05) is 0 Å². The monoisotopic (exact) mass is 458 g/mol. The molecule has 0 bridgehead atoms. The molecule has 172 valence electrons. The first-order valence-corrected chi connectivity index (χ1v) is 12.3. The van der Waals surface area contributed by atoms with Crippen molar-refractivity contribution in [2.45, 2.75) is 68.5 Å². The lowest BCUT2D eigenvalue weighted by Crippen LogP contribution is -2.47. The largest absolute Gasteiger partial charge is 0.393 e. The molecule has 2 atom stereocenters. The lowest BCUT2D eigenvalue weighted by Gasteiger charge is -2.33. The van der Waals surface area contributed by atoms with Crippen LogP contribution in [0.3, 0.4) is 0 Å². The number of carbonyl (C=O) groups excluding carboxylic acids is 1. The summed E-state index contributed by atoms with van der Waals surface area (Å²) in [5.41, 5.74) is 0.598. The molecule has 2 aliphatic rings. The normalized spacial score (nSPS) is 24.1. The molecule has 1 aromatic rings. The van der Waals surface area contributed by atoms with Crippen molar-refractivity contribution in [2.75, 3.05) is 13.1 Å². The van der Waals surface area contributed by atoms with Crippen molar-refractivity contribution in [1.82, 2.24) is 9.62 Å². The molecule has 1 saturated carbocycles. The van der Waals surface area contributed by atoms with E-state index in [4.69, 9.17) is 0 Å². The Morgan fingerprint density at radius 2 is 1.58 bits per heavy atom. The van der Waals surface area contributed by atoms with Gasteiger partial charge in [0.2, 0.25) is 15.9 Å². The van der Waals surface area contributed by atoms with Crippen molar-refractivity contribution in [1.29, 1.82) is 0 Å². The molecule has 1 aromatic carbocycles. The van der Waals surface area contributed by atoms with Crippen LogP contribution >= 0.6 is 0 Å². The molecular formula is C22H29F3N2O3S. The maximum Gasteiger partial charge on any atom is 0.393 e. The van der Waals surface area contributed by atoms with Crippen LogP contribution in [-0.2, 0) is 14.8 Å². The van der Waals surface area contributed by atoms with Gasteiger partial charge in [0, 0.05) is 25.2 Å². The first-order valence-electron chi connectivity index (χ1n) is 10.8. The van der Waals surface area contributed by atoms with Crippen LogP contribution in [0, 0.1) is 5.92 Å². The molecule has 5 nitrogen and oxygen atoms in total. The summed E-state index contributed by atoms with van der Waals surface area (Å²) in [5, 5.41) is 2.48. The van der Waals surface area contributed by atoms with E-state index in [0.717, 1.165) is 25.7 Å². The summed E-state index contributed by atoms with van der Waals surface area (Å²) in [6, 6.07) is 5.27. The zero-order chi connectivity index (χ0) is 22.5. The van der Waals surface area contributed by atoms with Gasteiger partial charge in [0.25, 0.3) is 0 Å². The fourth-order valence-corrected chi connectivity index (χ4v) is 5.80.